The first-order valence-corrected chi connectivity index (χ1v) is 12.7. The molecule has 1 fully saturated rings. The molecule has 1 aromatic heterocycles. The molecule has 1 N–H and O–H groups in total. The molecule has 2 heterocycles. The van der Waals surface area contributed by atoms with Crippen LogP contribution in [0.25, 0.3) is 16.0 Å². The average molecular weight is 515 g/mol. The topological polar surface area (TPSA) is 89.0 Å². The first-order chi connectivity index (χ1) is 17.8. The Hall–Kier alpha value is -4.17. The van der Waals surface area contributed by atoms with E-state index in [4.69, 9.17) is 14.5 Å². The predicted molar refractivity (Wildman–Crippen MR) is 144 cm³/mol. The smallest absolute Gasteiger partial charge is 0.301 e. The van der Waals surface area contributed by atoms with Crippen LogP contribution in [0.15, 0.2) is 66.2 Å². The number of aryl methyl sites for hydroxylation is 2. The van der Waals surface area contributed by atoms with E-state index in [1.165, 1.54) is 16.2 Å². The Kier molecular flexibility index (Phi) is 6.43. The summed E-state index contributed by atoms with van der Waals surface area (Å²) < 4.78 is 11.7. The fourth-order valence-corrected chi connectivity index (χ4v) is 5.79. The molecule has 188 valence electrons. The minimum absolute atomic E-state index is 0.00600. The second-order valence-corrected chi connectivity index (χ2v) is 9.83. The summed E-state index contributed by atoms with van der Waals surface area (Å²) >= 11 is 1.35. The number of hydrogen-bond donors (Lipinski definition) is 1. The lowest BCUT2D eigenvalue weighted by Crippen LogP contribution is -2.29. The summed E-state index contributed by atoms with van der Waals surface area (Å²) in [5.74, 6) is -0.469. The van der Waals surface area contributed by atoms with Crippen LogP contribution in [0, 0.1) is 13.8 Å². The number of amides is 1. The van der Waals surface area contributed by atoms with Gasteiger partial charge in [0.05, 0.1) is 35.5 Å². The minimum Gasteiger partial charge on any atom is -0.507 e. The van der Waals surface area contributed by atoms with E-state index in [1.54, 1.807) is 55.6 Å². The molecule has 1 aliphatic rings. The van der Waals surface area contributed by atoms with Crippen molar-refractivity contribution >= 4 is 44.1 Å². The molecule has 0 unspecified atom stereocenters. The van der Waals surface area contributed by atoms with E-state index in [1.807, 2.05) is 32.9 Å². The number of hydrogen-bond acceptors (Lipinski definition) is 7. The zero-order valence-corrected chi connectivity index (χ0v) is 21.8. The van der Waals surface area contributed by atoms with Crippen molar-refractivity contribution in [3.63, 3.8) is 0 Å². The van der Waals surface area contributed by atoms with Crippen LogP contribution in [0.1, 0.15) is 35.2 Å². The van der Waals surface area contributed by atoms with Crippen molar-refractivity contribution in [1.29, 1.82) is 0 Å². The molecular weight excluding hydrogens is 488 g/mol. The Labute approximate surface area is 218 Å². The maximum atomic E-state index is 13.5. The number of aliphatic hydroxyl groups excluding tert-OH is 1. The summed E-state index contributed by atoms with van der Waals surface area (Å²) in [6.07, 6.45) is 0. The lowest BCUT2D eigenvalue weighted by atomic mass is 9.95. The highest BCUT2D eigenvalue weighted by atomic mass is 32.1. The quantitative estimate of drug-likeness (QED) is 0.194. The van der Waals surface area contributed by atoms with Crippen LogP contribution in [0.3, 0.4) is 0 Å². The number of rotatable bonds is 6. The number of ether oxygens (including phenoxy) is 2. The van der Waals surface area contributed by atoms with Crippen molar-refractivity contribution in [1.82, 2.24) is 4.98 Å². The Morgan fingerprint density at radius 3 is 2.35 bits per heavy atom. The second kappa shape index (κ2) is 9.71. The molecule has 1 amide bonds. The van der Waals surface area contributed by atoms with Gasteiger partial charge in [0.15, 0.2) is 5.13 Å². The monoisotopic (exact) mass is 514 g/mol. The largest absolute Gasteiger partial charge is 0.507 e. The predicted octanol–water partition coefficient (Wildman–Crippen LogP) is 5.95. The molecule has 1 saturated heterocycles. The van der Waals surface area contributed by atoms with Crippen LogP contribution in [-0.2, 0) is 9.59 Å². The van der Waals surface area contributed by atoms with Crippen molar-refractivity contribution in [2.45, 2.75) is 26.8 Å². The summed E-state index contributed by atoms with van der Waals surface area (Å²) in [5, 5.41) is 11.7. The number of Topliss-reactive ketones (excluding diaryl/α,β-unsaturated/α-hetero) is 1. The zero-order chi connectivity index (χ0) is 26.3. The third-order valence-electron chi connectivity index (χ3n) is 6.34. The Bertz CT molecular complexity index is 1540. The van der Waals surface area contributed by atoms with E-state index in [-0.39, 0.29) is 11.3 Å². The molecular formula is C29H26N2O5S. The molecule has 0 spiro atoms. The fraction of sp³-hybridized carbons (Fsp3) is 0.207. The van der Waals surface area contributed by atoms with E-state index in [2.05, 4.69) is 0 Å². The standard InChI is InChI=1S/C29H26N2O5S/c1-5-36-21-12-8-19(9-13-21)26(32)23-25(18-6-10-20(35-4)11-7-18)31(28(34)27(23)33)29-30-24-17(3)14-16(2)15-22(24)37-29/h6-15,25,32H,5H2,1-4H3/b26-23+/t25-/m0/s1. The fourth-order valence-electron chi connectivity index (χ4n) is 4.62. The number of carbonyl (C=O) groups excluding carboxylic acids is 2. The Morgan fingerprint density at radius 1 is 1.03 bits per heavy atom. The first kappa shape index (κ1) is 24.5. The molecule has 7 nitrogen and oxygen atoms in total. The summed E-state index contributed by atoms with van der Waals surface area (Å²) in [6.45, 7) is 6.37. The van der Waals surface area contributed by atoms with Gasteiger partial charge in [0, 0.05) is 5.56 Å². The van der Waals surface area contributed by atoms with Crippen LogP contribution in [0.5, 0.6) is 11.5 Å². The van der Waals surface area contributed by atoms with Crippen molar-refractivity contribution < 1.29 is 24.2 Å². The van der Waals surface area contributed by atoms with Gasteiger partial charge in [0.2, 0.25) is 0 Å². The van der Waals surface area contributed by atoms with Crippen molar-refractivity contribution in [2.24, 2.45) is 0 Å². The number of aromatic nitrogens is 1. The number of fused-ring (bicyclic) bond motifs is 1. The van der Waals surface area contributed by atoms with Crippen molar-refractivity contribution in [2.75, 3.05) is 18.6 Å². The number of methoxy groups -OCH3 is 1. The third kappa shape index (κ3) is 4.34. The normalized spacial score (nSPS) is 17.0. The molecule has 0 bridgehead atoms. The molecule has 8 heteroatoms. The molecule has 5 rings (SSSR count). The van der Waals surface area contributed by atoms with Crippen LogP contribution >= 0.6 is 11.3 Å². The summed E-state index contributed by atoms with van der Waals surface area (Å²) in [6, 6.07) is 17.1. The van der Waals surface area contributed by atoms with E-state index >= 15 is 0 Å². The van der Waals surface area contributed by atoms with Crippen LogP contribution in [0.2, 0.25) is 0 Å². The molecule has 37 heavy (non-hydrogen) atoms. The van der Waals surface area contributed by atoms with Crippen LogP contribution in [0.4, 0.5) is 5.13 Å². The highest BCUT2D eigenvalue weighted by Gasteiger charge is 2.48. The van der Waals surface area contributed by atoms with Gasteiger partial charge in [-0.25, -0.2) is 4.98 Å². The van der Waals surface area contributed by atoms with Gasteiger partial charge in [0.1, 0.15) is 17.3 Å². The van der Waals surface area contributed by atoms with E-state index < -0.39 is 17.7 Å². The summed E-state index contributed by atoms with van der Waals surface area (Å²) in [4.78, 5) is 33.1. The average Bonchev–Trinajstić information content (AvgIpc) is 3.43. The molecule has 0 aliphatic carbocycles. The number of anilines is 1. The molecule has 1 atom stereocenters. The third-order valence-corrected chi connectivity index (χ3v) is 7.34. The molecule has 1 aliphatic heterocycles. The molecule has 4 aromatic rings. The Balaban J connectivity index is 1.69. The molecule has 0 radical (unpaired) electrons. The second-order valence-electron chi connectivity index (χ2n) is 8.82. The van der Waals surface area contributed by atoms with Gasteiger partial charge in [-0.15, -0.1) is 0 Å². The Morgan fingerprint density at radius 2 is 1.70 bits per heavy atom. The maximum Gasteiger partial charge on any atom is 0.301 e. The molecule has 0 saturated carbocycles. The number of aliphatic hydroxyl groups is 1. The van der Waals surface area contributed by atoms with E-state index in [0.29, 0.717) is 34.4 Å². The first-order valence-electron chi connectivity index (χ1n) is 11.9. The zero-order valence-electron chi connectivity index (χ0n) is 20.9. The summed E-state index contributed by atoms with van der Waals surface area (Å²) in [7, 11) is 1.57. The van der Waals surface area contributed by atoms with Gasteiger partial charge >= 0.3 is 5.91 Å². The highest BCUT2D eigenvalue weighted by molar-refractivity contribution is 7.22. The lowest BCUT2D eigenvalue weighted by Gasteiger charge is -2.23. The van der Waals surface area contributed by atoms with Gasteiger partial charge in [0.25, 0.3) is 5.78 Å². The lowest BCUT2D eigenvalue weighted by molar-refractivity contribution is -0.132. The minimum atomic E-state index is -0.862. The maximum absolute atomic E-state index is 13.5. The van der Waals surface area contributed by atoms with Gasteiger partial charge in [-0.2, -0.15) is 0 Å². The van der Waals surface area contributed by atoms with Gasteiger partial charge in [-0.3, -0.25) is 14.5 Å². The number of carbonyl (C=O) groups is 2. The molecule has 3 aromatic carbocycles. The number of thiazole rings is 1. The number of benzene rings is 3. The SMILES string of the molecule is CCOc1ccc(/C(O)=C2\C(=O)C(=O)N(c3nc4c(C)cc(C)cc4s3)[C@H]2c2ccc(OC)cc2)cc1. The highest BCUT2D eigenvalue weighted by Crippen LogP contribution is 2.45. The van der Waals surface area contributed by atoms with Crippen molar-refractivity contribution in [3.05, 3.63) is 88.5 Å². The van der Waals surface area contributed by atoms with Gasteiger partial charge in [-0.1, -0.05) is 29.5 Å². The van der Waals surface area contributed by atoms with Crippen LogP contribution < -0.4 is 14.4 Å². The van der Waals surface area contributed by atoms with Gasteiger partial charge < -0.3 is 14.6 Å². The van der Waals surface area contributed by atoms with Crippen LogP contribution in [-0.4, -0.2) is 35.5 Å². The number of ketones is 1. The van der Waals surface area contributed by atoms with Crippen molar-refractivity contribution in [3.8, 4) is 11.5 Å². The number of nitrogens with zero attached hydrogens (tertiary/aromatic N) is 2. The van der Waals surface area contributed by atoms with Gasteiger partial charge in [-0.05, 0) is 79.9 Å². The summed E-state index contributed by atoms with van der Waals surface area (Å²) in [5.41, 5.74) is 3.93. The van der Waals surface area contributed by atoms with E-state index in [0.717, 1.165) is 21.3 Å². The van der Waals surface area contributed by atoms with E-state index in [9.17, 15) is 14.7 Å².